The molecule has 84 valence electrons. The van der Waals surface area contributed by atoms with Crippen LogP contribution in [0.4, 0.5) is 14.5 Å². The second kappa shape index (κ2) is 5.66. The fraction of sp³-hybridized carbons (Fsp3) is 0.455. The number of ether oxygens (including phenoxy) is 1. The maximum atomic E-state index is 13.2. The summed E-state index contributed by atoms with van der Waals surface area (Å²) in [5.74, 6) is -1.67. The van der Waals surface area contributed by atoms with Gasteiger partial charge in [0.2, 0.25) is 0 Å². The number of anilines is 1. The van der Waals surface area contributed by atoms with E-state index in [1.54, 1.807) is 7.11 Å². The van der Waals surface area contributed by atoms with E-state index < -0.39 is 11.6 Å². The molecule has 0 saturated carbocycles. The molecule has 0 aromatic heterocycles. The van der Waals surface area contributed by atoms with Crippen molar-refractivity contribution in [1.82, 2.24) is 0 Å². The molecular formula is C11H15F2NO. The molecule has 4 heteroatoms. The molecule has 0 aliphatic heterocycles. The highest BCUT2D eigenvalue weighted by atomic mass is 19.2. The number of hydrogen-bond donors (Lipinski definition) is 1. The van der Waals surface area contributed by atoms with Gasteiger partial charge < -0.3 is 10.1 Å². The lowest BCUT2D eigenvalue weighted by molar-refractivity contribution is 0.191. The molecule has 1 atom stereocenters. The van der Waals surface area contributed by atoms with E-state index in [0.29, 0.717) is 6.61 Å². The standard InChI is InChI=1S/C11H15F2NO/c1-8(6-7-15-2)14-10-5-3-4-9(12)11(10)13/h3-5,8,14H,6-7H2,1-2H3. The summed E-state index contributed by atoms with van der Waals surface area (Å²) in [4.78, 5) is 0. The first-order valence-corrected chi connectivity index (χ1v) is 4.84. The van der Waals surface area contributed by atoms with Crippen LogP contribution in [-0.4, -0.2) is 19.8 Å². The van der Waals surface area contributed by atoms with Crippen molar-refractivity contribution < 1.29 is 13.5 Å². The molecule has 2 nitrogen and oxygen atoms in total. The third-order valence-corrected chi connectivity index (χ3v) is 2.11. The number of halogens is 2. The molecule has 1 aromatic carbocycles. The van der Waals surface area contributed by atoms with Gasteiger partial charge in [0.25, 0.3) is 0 Å². The molecular weight excluding hydrogens is 200 g/mol. The second-order valence-corrected chi connectivity index (χ2v) is 3.43. The maximum absolute atomic E-state index is 13.2. The Kier molecular flexibility index (Phi) is 4.49. The highest BCUT2D eigenvalue weighted by molar-refractivity contribution is 5.45. The topological polar surface area (TPSA) is 21.3 Å². The minimum atomic E-state index is -0.834. The Morgan fingerprint density at radius 1 is 1.40 bits per heavy atom. The lowest BCUT2D eigenvalue weighted by Gasteiger charge is -2.15. The number of rotatable bonds is 5. The first-order chi connectivity index (χ1) is 7.15. The van der Waals surface area contributed by atoms with Crippen LogP contribution >= 0.6 is 0 Å². The Morgan fingerprint density at radius 3 is 2.80 bits per heavy atom. The molecule has 0 amide bonds. The Morgan fingerprint density at radius 2 is 2.13 bits per heavy atom. The van der Waals surface area contributed by atoms with E-state index >= 15 is 0 Å². The van der Waals surface area contributed by atoms with Gasteiger partial charge in [-0.1, -0.05) is 6.07 Å². The van der Waals surface area contributed by atoms with Crippen LogP contribution in [0.25, 0.3) is 0 Å². The van der Waals surface area contributed by atoms with Gasteiger partial charge >= 0.3 is 0 Å². The second-order valence-electron chi connectivity index (χ2n) is 3.43. The molecule has 1 unspecified atom stereocenters. The first kappa shape index (κ1) is 11.9. The summed E-state index contributed by atoms with van der Waals surface area (Å²) in [6.07, 6.45) is 0.743. The van der Waals surface area contributed by atoms with Crippen molar-refractivity contribution >= 4 is 5.69 Å². The van der Waals surface area contributed by atoms with Crippen LogP contribution < -0.4 is 5.32 Å². The van der Waals surface area contributed by atoms with Crippen molar-refractivity contribution in [2.24, 2.45) is 0 Å². The number of methoxy groups -OCH3 is 1. The van der Waals surface area contributed by atoms with Crippen molar-refractivity contribution in [1.29, 1.82) is 0 Å². The fourth-order valence-corrected chi connectivity index (χ4v) is 1.25. The normalized spacial score (nSPS) is 12.5. The largest absolute Gasteiger partial charge is 0.385 e. The van der Waals surface area contributed by atoms with Gasteiger partial charge in [-0.2, -0.15) is 0 Å². The van der Waals surface area contributed by atoms with E-state index in [0.717, 1.165) is 12.5 Å². The molecule has 0 fully saturated rings. The Hall–Kier alpha value is -1.16. The zero-order valence-corrected chi connectivity index (χ0v) is 8.89. The quantitative estimate of drug-likeness (QED) is 0.815. The predicted octanol–water partition coefficient (Wildman–Crippen LogP) is 2.80. The molecule has 0 aliphatic rings. The third-order valence-electron chi connectivity index (χ3n) is 2.11. The zero-order valence-electron chi connectivity index (χ0n) is 8.89. The summed E-state index contributed by atoms with van der Waals surface area (Å²) in [6.45, 7) is 2.48. The van der Waals surface area contributed by atoms with Gasteiger partial charge in [0.1, 0.15) is 0 Å². The summed E-state index contributed by atoms with van der Waals surface area (Å²) < 4.78 is 31.0. The average molecular weight is 215 g/mol. The lowest BCUT2D eigenvalue weighted by atomic mass is 10.2. The summed E-state index contributed by atoms with van der Waals surface area (Å²) >= 11 is 0. The lowest BCUT2D eigenvalue weighted by Crippen LogP contribution is -2.18. The number of hydrogen-bond acceptors (Lipinski definition) is 2. The highest BCUT2D eigenvalue weighted by Crippen LogP contribution is 2.17. The van der Waals surface area contributed by atoms with Crippen LogP contribution in [0.5, 0.6) is 0 Å². The van der Waals surface area contributed by atoms with Gasteiger partial charge in [-0.3, -0.25) is 0 Å². The molecule has 0 heterocycles. The molecule has 1 N–H and O–H groups in total. The van der Waals surface area contributed by atoms with Gasteiger partial charge in [0.15, 0.2) is 11.6 Å². The van der Waals surface area contributed by atoms with Gasteiger partial charge in [-0.25, -0.2) is 8.78 Å². The number of benzene rings is 1. The van der Waals surface area contributed by atoms with Gasteiger partial charge in [0, 0.05) is 19.8 Å². The average Bonchev–Trinajstić information content (AvgIpc) is 2.22. The third kappa shape index (κ3) is 3.47. The molecule has 15 heavy (non-hydrogen) atoms. The highest BCUT2D eigenvalue weighted by Gasteiger charge is 2.09. The molecule has 0 spiro atoms. The predicted molar refractivity (Wildman–Crippen MR) is 55.9 cm³/mol. The molecule has 0 saturated heterocycles. The Bertz CT molecular complexity index is 317. The van der Waals surface area contributed by atoms with Crippen LogP contribution in [0, 0.1) is 11.6 Å². The van der Waals surface area contributed by atoms with Crippen LogP contribution in [0.3, 0.4) is 0 Å². The van der Waals surface area contributed by atoms with Crippen molar-refractivity contribution in [2.45, 2.75) is 19.4 Å². The van der Waals surface area contributed by atoms with Crippen molar-refractivity contribution in [3.8, 4) is 0 Å². The van der Waals surface area contributed by atoms with Crippen molar-refractivity contribution in [2.75, 3.05) is 19.0 Å². The van der Waals surface area contributed by atoms with Crippen LogP contribution in [0.2, 0.25) is 0 Å². The molecule has 0 bridgehead atoms. The maximum Gasteiger partial charge on any atom is 0.181 e. The summed E-state index contributed by atoms with van der Waals surface area (Å²) in [7, 11) is 1.61. The number of nitrogens with one attached hydrogen (secondary N) is 1. The Balaban J connectivity index is 2.60. The fourth-order valence-electron chi connectivity index (χ4n) is 1.25. The van der Waals surface area contributed by atoms with Gasteiger partial charge in [-0.05, 0) is 25.5 Å². The minimum Gasteiger partial charge on any atom is -0.385 e. The summed E-state index contributed by atoms with van der Waals surface area (Å²) in [6, 6.07) is 4.13. The Labute approximate surface area is 88.3 Å². The SMILES string of the molecule is COCCC(C)Nc1cccc(F)c1F. The molecule has 1 aromatic rings. The van der Waals surface area contributed by atoms with E-state index in [-0.39, 0.29) is 11.7 Å². The zero-order chi connectivity index (χ0) is 11.3. The monoisotopic (exact) mass is 215 g/mol. The summed E-state index contributed by atoms with van der Waals surface area (Å²) in [5, 5.41) is 2.89. The summed E-state index contributed by atoms with van der Waals surface area (Å²) in [5.41, 5.74) is 0.193. The van der Waals surface area contributed by atoms with Crippen molar-refractivity contribution in [3.63, 3.8) is 0 Å². The van der Waals surface area contributed by atoms with E-state index in [4.69, 9.17) is 4.74 Å². The first-order valence-electron chi connectivity index (χ1n) is 4.84. The van der Waals surface area contributed by atoms with E-state index in [1.807, 2.05) is 6.92 Å². The van der Waals surface area contributed by atoms with Gasteiger partial charge in [-0.15, -0.1) is 0 Å². The van der Waals surface area contributed by atoms with Crippen LogP contribution in [-0.2, 0) is 4.74 Å². The smallest absolute Gasteiger partial charge is 0.181 e. The van der Waals surface area contributed by atoms with E-state index in [9.17, 15) is 8.78 Å². The van der Waals surface area contributed by atoms with Crippen LogP contribution in [0.1, 0.15) is 13.3 Å². The molecule has 0 radical (unpaired) electrons. The molecule has 1 rings (SSSR count). The van der Waals surface area contributed by atoms with Crippen molar-refractivity contribution in [3.05, 3.63) is 29.8 Å². The van der Waals surface area contributed by atoms with E-state index in [2.05, 4.69) is 5.32 Å². The minimum absolute atomic E-state index is 0.0428. The van der Waals surface area contributed by atoms with E-state index in [1.165, 1.54) is 12.1 Å². The van der Waals surface area contributed by atoms with Crippen LogP contribution in [0.15, 0.2) is 18.2 Å². The molecule has 0 aliphatic carbocycles. The van der Waals surface area contributed by atoms with Gasteiger partial charge in [0.05, 0.1) is 5.69 Å².